The van der Waals surface area contributed by atoms with Crippen molar-refractivity contribution in [2.45, 2.75) is 26.7 Å². The molecule has 0 rings (SSSR count). The minimum Gasteiger partial charge on any atom is -1.00 e. The number of rotatable bonds is 2. The van der Waals surface area contributed by atoms with E-state index in [-0.39, 0.29) is 40.0 Å². The Balaban J connectivity index is -0.000000180. The molecule has 0 atom stereocenters. The van der Waals surface area contributed by atoms with Crippen LogP contribution in [0.1, 0.15) is 26.7 Å². The van der Waals surface area contributed by atoms with E-state index in [9.17, 15) is 0 Å². The summed E-state index contributed by atoms with van der Waals surface area (Å²) in [5, 5.41) is 0. The standard InChI is InChI=1S/C7H13.BrH.Mg/c1-4-6-7(3)5-2;;/h6H,1,4-5H2,2-3H3;1H;/q-1;;+2/p-1/b7-6+;;. The van der Waals surface area contributed by atoms with Crippen LogP contribution in [0.2, 0.25) is 0 Å². The van der Waals surface area contributed by atoms with Crippen LogP contribution >= 0.6 is 0 Å². The van der Waals surface area contributed by atoms with Gasteiger partial charge in [-0.3, -0.25) is 0 Å². The molecule has 0 aliphatic rings. The Bertz CT molecular complexity index is 69.3. The van der Waals surface area contributed by atoms with Gasteiger partial charge in [-0.25, -0.2) is 0 Å². The average Bonchev–Trinajstić information content (AvgIpc) is 1.68. The summed E-state index contributed by atoms with van der Waals surface area (Å²) in [6.07, 6.45) is 4.25. The molecule has 50 valence electrons. The Labute approximate surface area is 85.0 Å². The molecule has 0 heterocycles. The van der Waals surface area contributed by atoms with E-state index in [1.807, 2.05) is 0 Å². The van der Waals surface area contributed by atoms with Crippen molar-refractivity contribution >= 4 is 23.1 Å². The van der Waals surface area contributed by atoms with Gasteiger partial charge in [0.05, 0.1) is 0 Å². The zero-order valence-electron chi connectivity index (χ0n) is 6.28. The van der Waals surface area contributed by atoms with Gasteiger partial charge < -0.3 is 23.9 Å². The number of halogens is 1. The molecule has 0 bridgehead atoms. The summed E-state index contributed by atoms with van der Waals surface area (Å²) in [7, 11) is 0. The van der Waals surface area contributed by atoms with Crippen LogP contribution in [0.25, 0.3) is 0 Å². The molecule has 2 heteroatoms. The van der Waals surface area contributed by atoms with E-state index >= 15 is 0 Å². The van der Waals surface area contributed by atoms with Crippen LogP contribution in [-0.2, 0) is 0 Å². The van der Waals surface area contributed by atoms with Gasteiger partial charge >= 0.3 is 23.1 Å². The van der Waals surface area contributed by atoms with Crippen LogP contribution in [0.5, 0.6) is 0 Å². The van der Waals surface area contributed by atoms with E-state index in [4.69, 9.17) is 0 Å². The summed E-state index contributed by atoms with van der Waals surface area (Å²) >= 11 is 0. The van der Waals surface area contributed by atoms with E-state index in [0.29, 0.717) is 0 Å². The normalized spacial score (nSPS) is 9.44. The molecule has 0 amide bonds. The second-order valence-corrected chi connectivity index (χ2v) is 1.69. The maximum Gasteiger partial charge on any atom is 2.00 e. The molecule has 9 heavy (non-hydrogen) atoms. The molecule has 0 fully saturated rings. The molecule has 0 N–H and O–H groups in total. The Morgan fingerprint density at radius 2 is 2.00 bits per heavy atom. The first-order valence-electron chi connectivity index (χ1n) is 2.76. The summed E-state index contributed by atoms with van der Waals surface area (Å²) < 4.78 is 0. The zero-order chi connectivity index (χ0) is 5.70. The molecule has 0 saturated heterocycles. The molecule has 0 radical (unpaired) electrons. The molecule has 0 spiro atoms. The van der Waals surface area contributed by atoms with E-state index in [1.54, 1.807) is 0 Å². The Hall–Kier alpha value is 0.986. The fourth-order valence-electron chi connectivity index (χ4n) is 0.391. The minimum absolute atomic E-state index is 0. The van der Waals surface area contributed by atoms with Crippen molar-refractivity contribution in [1.29, 1.82) is 0 Å². The first-order valence-corrected chi connectivity index (χ1v) is 2.76. The quantitative estimate of drug-likeness (QED) is 0.311. The van der Waals surface area contributed by atoms with Gasteiger partial charge in [0, 0.05) is 0 Å². The third kappa shape index (κ3) is 12.2. The maximum absolute atomic E-state index is 3.70. The second-order valence-electron chi connectivity index (χ2n) is 1.69. The summed E-state index contributed by atoms with van der Waals surface area (Å²) in [5.74, 6) is 0. The first-order chi connectivity index (χ1) is 3.31. The molecule has 0 aromatic heterocycles. The fourth-order valence-corrected chi connectivity index (χ4v) is 0.391. The van der Waals surface area contributed by atoms with E-state index in [2.05, 4.69) is 26.8 Å². The summed E-state index contributed by atoms with van der Waals surface area (Å²) in [6.45, 7) is 7.98. The van der Waals surface area contributed by atoms with E-state index in [0.717, 1.165) is 12.8 Å². The van der Waals surface area contributed by atoms with Gasteiger partial charge in [-0.2, -0.15) is 6.42 Å². The molecule has 0 aromatic carbocycles. The average molecular weight is 201 g/mol. The Morgan fingerprint density at radius 3 is 2.11 bits per heavy atom. The molecular formula is C7H13BrMg. The third-order valence-electron chi connectivity index (χ3n) is 1.05. The van der Waals surface area contributed by atoms with Crippen molar-refractivity contribution in [1.82, 2.24) is 0 Å². The fraction of sp³-hybridized carbons (Fsp3) is 0.571. The van der Waals surface area contributed by atoms with Crippen LogP contribution in [0.3, 0.4) is 0 Å². The molecule has 0 nitrogen and oxygen atoms in total. The molecule has 0 aliphatic heterocycles. The number of hydrogen-bond acceptors (Lipinski definition) is 0. The van der Waals surface area contributed by atoms with Gasteiger partial charge in [0.1, 0.15) is 0 Å². The van der Waals surface area contributed by atoms with Gasteiger partial charge in [0.2, 0.25) is 0 Å². The van der Waals surface area contributed by atoms with E-state index in [1.165, 1.54) is 5.57 Å². The van der Waals surface area contributed by atoms with Crippen LogP contribution in [0.4, 0.5) is 0 Å². The summed E-state index contributed by atoms with van der Waals surface area (Å²) in [6, 6.07) is 0. The predicted molar refractivity (Wildman–Crippen MR) is 39.8 cm³/mol. The summed E-state index contributed by atoms with van der Waals surface area (Å²) in [5.41, 5.74) is 1.44. The van der Waals surface area contributed by atoms with Gasteiger partial charge in [-0.15, -0.1) is 6.08 Å². The van der Waals surface area contributed by atoms with Crippen molar-refractivity contribution in [3.63, 3.8) is 0 Å². The van der Waals surface area contributed by atoms with Crippen LogP contribution in [0, 0.1) is 6.92 Å². The second kappa shape index (κ2) is 11.7. The van der Waals surface area contributed by atoms with Gasteiger partial charge in [0.15, 0.2) is 0 Å². The first kappa shape index (κ1) is 16.5. The largest absolute Gasteiger partial charge is 2.00 e. The Morgan fingerprint density at radius 1 is 1.56 bits per heavy atom. The monoisotopic (exact) mass is 200 g/mol. The zero-order valence-corrected chi connectivity index (χ0v) is 9.28. The number of allylic oxidation sites excluding steroid dienone is 2. The van der Waals surface area contributed by atoms with Crippen LogP contribution < -0.4 is 17.0 Å². The molecule has 0 unspecified atom stereocenters. The van der Waals surface area contributed by atoms with Gasteiger partial charge in [-0.1, -0.05) is 12.5 Å². The Kier molecular flexibility index (Phi) is 21.6. The van der Waals surface area contributed by atoms with Crippen molar-refractivity contribution < 1.29 is 17.0 Å². The molecular weight excluding hydrogens is 188 g/mol. The smallest absolute Gasteiger partial charge is 1.00 e. The minimum atomic E-state index is 0. The third-order valence-corrected chi connectivity index (χ3v) is 1.05. The molecule has 0 saturated carbocycles. The van der Waals surface area contributed by atoms with Crippen molar-refractivity contribution in [3.8, 4) is 0 Å². The SMILES string of the molecule is [Br-].[CH2-]C/C=C(\C)CC.[Mg+2]. The van der Waals surface area contributed by atoms with Crippen molar-refractivity contribution in [2.75, 3.05) is 0 Å². The van der Waals surface area contributed by atoms with Crippen molar-refractivity contribution in [3.05, 3.63) is 18.6 Å². The van der Waals surface area contributed by atoms with Crippen LogP contribution in [-0.4, -0.2) is 23.1 Å². The van der Waals surface area contributed by atoms with Gasteiger partial charge in [0.25, 0.3) is 0 Å². The van der Waals surface area contributed by atoms with E-state index < -0.39 is 0 Å². The maximum atomic E-state index is 3.70. The van der Waals surface area contributed by atoms with Crippen molar-refractivity contribution in [2.24, 2.45) is 0 Å². The summed E-state index contributed by atoms with van der Waals surface area (Å²) in [4.78, 5) is 0. The predicted octanol–water partition coefficient (Wildman–Crippen LogP) is -0.810. The van der Waals surface area contributed by atoms with Crippen LogP contribution in [0.15, 0.2) is 11.6 Å². The molecule has 0 aliphatic carbocycles. The van der Waals surface area contributed by atoms with Gasteiger partial charge in [-0.05, 0) is 13.3 Å². The molecule has 0 aromatic rings. The topological polar surface area (TPSA) is 0 Å². The number of hydrogen-bond donors (Lipinski definition) is 0.